The number of nitro benzene ring substituents is 1. The minimum Gasteiger partial charge on any atom is -0.465 e. The Bertz CT molecular complexity index is 1060. The number of nitrogens with zero attached hydrogens (tertiary/aromatic N) is 2. The Hall–Kier alpha value is -2.95. The number of aryl methyl sites for hydroxylation is 1. The Labute approximate surface area is 147 Å². The van der Waals surface area contributed by atoms with Crippen LogP contribution >= 0.6 is 11.3 Å². The third kappa shape index (κ3) is 3.52. The molecule has 3 aromatic rings. The molecule has 0 saturated heterocycles. The molecule has 0 spiro atoms. The monoisotopic (exact) mass is 385 g/mol. The number of hydrogen-bond acceptors (Lipinski definition) is 7. The summed E-state index contributed by atoms with van der Waals surface area (Å²) in [5.74, 6) is 1.22. The van der Waals surface area contributed by atoms with Crippen LogP contribution in [0.1, 0.15) is 17.1 Å². The highest BCUT2D eigenvalue weighted by molar-refractivity contribution is 7.22. The molecule has 1 aromatic carbocycles. The third-order valence-electron chi connectivity index (χ3n) is 3.44. The van der Waals surface area contributed by atoms with Gasteiger partial charge in [-0.05, 0) is 25.1 Å². The molecule has 1 N–H and O–H groups in total. The summed E-state index contributed by atoms with van der Waals surface area (Å²) in [5, 5.41) is 13.6. The minimum absolute atomic E-state index is 0.0411. The average Bonchev–Trinajstić information content (AvgIpc) is 2.96. The van der Waals surface area contributed by atoms with Crippen LogP contribution in [0.25, 0.3) is 10.1 Å². The van der Waals surface area contributed by atoms with E-state index in [4.69, 9.17) is 4.42 Å². The molecule has 3 rings (SSSR count). The maximum Gasteiger partial charge on any atom is 0.416 e. The summed E-state index contributed by atoms with van der Waals surface area (Å²) in [4.78, 5) is 26.0. The van der Waals surface area contributed by atoms with Gasteiger partial charge in [0.1, 0.15) is 16.2 Å². The van der Waals surface area contributed by atoms with E-state index in [1.165, 1.54) is 0 Å². The van der Waals surface area contributed by atoms with E-state index in [2.05, 4.69) is 10.3 Å². The zero-order chi connectivity index (χ0) is 19.1. The maximum absolute atomic E-state index is 12.9. The van der Waals surface area contributed by atoms with Crippen LogP contribution in [0.3, 0.4) is 0 Å². The molecule has 0 atom stereocenters. The van der Waals surface area contributed by atoms with Crippen molar-refractivity contribution in [3.8, 4) is 0 Å². The van der Waals surface area contributed by atoms with Crippen LogP contribution in [-0.2, 0) is 12.7 Å². The molecule has 136 valence electrons. The van der Waals surface area contributed by atoms with E-state index in [1.54, 1.807) is 19.1 Å². The number of fused-ring (bicyclic) bond motifs is 1. The molecule has 7 nitrogen and oxygen atoms in total. The SMILES string of the molecule is Cc1ccc(CNc2nc(=O)c3cc(C(F)(F)F)cc([N+](=O)[O-])c3s2)o1. The Morgan fingerprint density at radius 3 is 2.65 bits per heavy atom. The number of anilines is 1. The van der Waals surface area contributed by atoms with Gasteiger partial charge >= 0.3 is 6.18 Å². The molecule has 11 heteroatoms. The topological polar surface area (TPSA) is 98.3 Å². The second kappa shape index (κ2) is 6.41. The van der Waals surface area contributed by atoms with Crippen molar-refractivity contribution in [2.75, 3.05) is 5.32 Å². The molecular formula is C15H10F3N3O4S. The lowest BCUT2D eigenvalue weighted by atomic mass is 10.1. The van der Waals surface area contributed by atoms with E-state index in [1.807, 2.05) is 0 Å². The van der Waals surface area contributed by atoms with Crippen molar-refractivity contribution in [3.63, 3.8) is 0 Å². The molecule has 0 radical (unpaired) electrons. The first-order chi connectivity index (χ1) is 12.1. The number of halogens is 3. The zero-order valence-electron chi connectivity index (χ0n) is 13.1. The fourth-order valence-electron chi connectivity index (χ4n) is 2.27. The number of aromatic nitrogens is 1. The largest absolute Gasteiger partial charge is 0.465 e. The van der Waals surface area contributed by atoms with Crippen LogP contribution < -0.4 is 10.9 Å². The summed E-state index contributed by atoms with van der Waals surface area (Å²) in [5.41, 5.74) is -3.04. The maximum atomic E-state index is 12.9. The van der Waals surface area contributed by atoms with E-state index in [9.17, 15) is 28.1 Å². The third-order valence-corrected chi connectivity index (χ3v) is 4.50. The lowest BCUT2D eigenvalue weighted by Gasteiger charge is -2.09. The van der Waals surface area contributed by atoms with Crippen LogP contribution in [0.2, 0.25) is 0 Å². The van der Waals surface area contributed by atoms with Gasteiger partial charge in [0.15, 0.2) is 5.13 Å². The van der Waals surface area contributed by atoms with Gasteiger partial charge in [0.25, 0.3) is 11.2 Å². The van der Waals surface area contributed by atoms with Crippen molar-refractivity contribution in [1.29, 1.82) is 0 Å². The lowest BCUT2D eigenvalue weighted by Crippen LogP contribution is -2.12. The van der Waals surface area contributed by atoms with Crippen molar-refractivity contribution in [2.24, 2.45) is 0 Å². The number of hydrogen-bond donors (Lipinski definition) is 1. The number of nitrogens with one attached hydrogen (secondary N) is 1. The van der Waals surface area contributed by atoms with Crippen molar-refractivity contribution in [1.82, 2.24) is 4.98 Å². The van der Waals surface area contributed by atoms with E-state index in [0.717, 1.165) is 11.3 Å². The Balaban J connectivity index is 2.07. The standard InChI is InChI=1S/C15H10F3N3O4S/c1-7-2-3-9(25-7)6-19-14-20-13(22)10-4-8(15(16,17)18)5-11(21(23)24)12(10)26-14/h2-5H,6H2,1H3,(H,19,20,22). The fourth-order valence-corrected chi connectivity index (χ4v) is 3.23. The molecule has 0 aliphatic rings. The van der Waals surface area contributed by atoms with Gasteiger partial charge in [-0.3, -0.25) is 14.9 Å². The van der Waals surface area contributed by atoms with Gasteiger partial charge in [0.2, 0.25) is 0 Å². The summed E-state index contributed by atoms with van der Waals surface area (Å²) in [6.45, 7) is 1.91. The van der Waals surface area contributed by atoms with Gasteiger partial charge in [-0.1, -0.05) is 11.3 Å². The number of non-ortho nitro benzene ring substituents is 1. The molecule has 0 aliphatic carbocycles. The predicted octanol–water partition coefficient (Wildman–Crippen LogP) is 4.10. The molecule has 0 saturated carbocycles. The van der Waals surface area contributed by atoms with Gasteiger partial charge < -0.3 is 9.73 Å². The second-order valence-electron chi connectivity index (χ2n) is 5.32. The van der Waals surface area contributed by atoms with Crippen LogP contribution in [0, 0.1) is 17.0 Å². The number of alkyl halides is 3. The Kier molecular flexibility index (Phi) is 4.40. The molecule has 0 amide bonds. The first-order valence-electron chi connectivity index (χ1n) is 7.15. The molecule has 2 aromatic heterocycles. The summed E-state index contributed by atoms with van der Waals surface area (Å²) >= 11 is 0.728. The molecule has 0 aliphatic heterocycles. The van der Waals surface area contributed by atoms with E-state index in [-0.39, 0.29) is 16.4 Å². The van der Waals surface area contributed by atoms with E-state index < -0.39 is 33.3 Å². The van der Waals surface area contributed by atoms with Crippen molar-refractivity contribution >= 4 is 32.2 Å². The van der Waals surface area contributed by atoms with Crippen molar-refractivity contribution in [2.45, 2.75) is 19.6 Å². The highest BCUT2D eigenvalue weighted by atomic mass is 32.1. The average molecular weight is 385 g/mol. The Morgan fingerprint density at radius 2 is 2.08 bits per heavy atom. The van der Waals surface area contributed by atoms with Crippen LogP contribution in [0.4, 0.5) is 24.0 Å². The van der Waals surface area contributed by atoms with Gasteiger partial charge in [-0.15, -0.1) is 0 Å². The zero-order valence-corrected chi connectivity index (χ0v) is 13.9. The number of nitro groups is 1. The highest BCUT2D eigenvalue weighted by Gasteiger charge is 2.34. The lowest BCUT2D eigenvalue weighted by molar-refractivity contribution is -0.383. The summed E-state index contributed by atoms with van der Waals surface area (Å²) in [6, 6.07) is 4.42. The van der Waals surface area contributed by atoms with Crippen LogP contribution in [0.5, 0.6) is 0 Å². The van der Waals surface area contributed by atoms with Crippen LogP contribution in [0.15, 0.2) is 33.5 Å². The van der Waals surface area contributed by atoms with Gasteiger partial charge in [-0.25, -0.2) is 0 Å². The number of benzene rings is 1. The quantitative estimate of drug-likeness (QED) is 0.536. The normalized spacial score (nSPS) is 11.7. The molecule has 0 fully saturated rings. The molecule has 2 heterocycles. The van der Waals surface area contributed by atoms with E-state index in [0.29, 0.717) is 23.7 Å². The summed E-state index contributed by atoms with van der Waals surface area (Å²) in [7, 11) is 0. The van der Waals surface area contributed by atoms with E-state index >= 15 is 0 Å². The Morgan fingerprint density at radius 1 is 1.35 bits per heavy atom. The predicted molar refractivity (Wildman–Crippen MR) is 88.3 cm³/mol. The molecule has 0 bridgehead atoms. The number of furan rings is 1. The van der Waals surface area contributed by atoms with Gasteiger partial charge in [-0.2, -0.15) is 18.2 Å². The smallest absolute Gasteiger partial charge is 0.416 e. The molecular weight excluding hydrogens is 375 g/mol. The van der Waals surface area contributed by atoms with Crippen molar-refractivity contribution in [3.05, 3.63) is 61.8 Å². The summed E-state index contributed by atoms with van der Waals surface area (Å²) < 4.78 is 43.9. The fraction of sp³-hybridized carbons (Fsp3) is 0.200. The molecule has 0 unspecified atom stereocenters. The number of rotatable bonds is 4. The van der Waals surface area contributed by atoms with Crippen molar-refractivity contribution < 1.29 is 22.5 Å². The van der Waals surface area contributed by atoms with Gasteiger partial charge in [0.05, 0.1) is 22.4 Å². The molecule has 26 heavy (non-hydrogen) atoms. The first kappa shape index (κ1) is 17.9. The first-order valence-corrected chi connectivity index (χ1v) is 7.96. The minimum atomic E-state index is -4.82. The summed E-state index contributed by atoms with van der Waals surface area (Å²) in [6.07, 6.45) is -4.82. The second-order valence-corrected chi connectivity index (χ2v) is 6.32. The van der Waals surface area contributed by atoms with Gasteiger partial charge in [0, 0.05) is 6.07 Å². The highest BCUT2D eigenvalue weighted by Crippen LogP contribution is 2.37. The van der Waals surface area contributed by atoms with Crippen LogP contribution in [-0.4, -0.2) is 9.91 Å².